The first-order chi connectivity index (χ1) is 9.85. The van der Waals surface area contributed by atoms with Gasteiger partial charge in [0.1, 0.15) is 5.75 Å². The molecule has 1 aliphatic heterocycles. The molecule has 0 fully saturated rings. The van der Waals surface area contributed by atoms with Crippen LogP contribution in [0.1, 0.15) is 11.1 Å². The number of hydrogen-bond donors (Lipinski definition) is 0. The fraction of sp³-hybridized carbons (Fsp3) is 0.176. The number of allylic oxidation sites excluding steroid dienone is 1. The summed E-state index contributed by atoms with van der Waals surface area (Å²) in [5.41, 5.74) is 4.83. The SMILES string of the molecule is COc1ccc2c(c1)CC=Cc1cc3c(cc1-2)OCO3. The lowest BCUT2D eigenvalue weighted by atomic mass is 9.95. The predicted octanol–water partition coefficient (Wildman–Crippen LogP) is 3.66. The molecule has 0 saturated heterocycles. The summed E-state index contributed by atoms with van der Waals surface area (Å²) in [6, 6.07) is 10.3. The summed E-state index contributed by atoms with van der Waals surface area (Å²) in [6.07, 6.45) is 5.21. The van der Waals surface area contributed by atoms with E-state index in [1.807, 2.05) is 12.1 Å². The van der Waals surface area contributed by atoms with Crippen LogP contribution in [0.3, 0.4) is 0 Å². The summed E-state index contributed by atoms with van der Waals surface area (Å²) in [5, 5.41) is 0. The molecule has 100 valence electrons. The van der Waals surface area contributed by atoms with Gasteiger partial charge in [0.05, 0.1) is 7.11 Å². The normalized spacial score (nSPS) is 14.4. The number of benzene rings is 2. The van der Waals surface area contributed by atoms with Gasteiger partial charge in [-0.15, -0.1) is 0 Å². The van der Waals surface area contributed by atoms with Crippen LogP contribution in [0.2, 0.25) is 0 Å². The summed E-state index contributed by atoms with van der Waals surface area (Å²) in [7, 11) is 1.69. The largest absolute Gasteiger partial charge is 0.497 e. The molecule has 20 heavy (non-hydrogen) atoms. The van der Waals surface area contributed by atoms with E-state index < -0.39 is 0 Å². The van der Waals surface area contributed by atoms with Crippen molar-refractivity contribution < 1.29 is 14.2 Å². The van der Waals surface area contributed by atoms with E-state index in [2.05, 4.69) is 30.4 Å². The minimum atomic E-state index is 0.303. The summed E-state index contributed by atoms with van der Waals surface area (Å²) >= 11 is 0. The molecular formula is C17H14O3. The summed E-state index contributed by atoms with van der Waals surface area (Å²) in [4.78, 5) is 0. The lowest BCUT2D eigenvalue weighted by molar-refractivity contribution is 0.174. The van der Waals surface area contributed by atoms with Gasteiger partial charge in [0.2, 0.25) is 6.79 Å². The van der Waals surface area contributed by atoms with Crippen molar-refractivity contribution in [2.24, 2.45) is 0 Å². The highest BCUT2D eigenvalue weighted by atomic mass is 16.7. The highest BCUT2D eigenvalue weighted by Crippen LogP contribution is 2.42. The van der Waals surface area contributed by atoms with Gasteiger partial charge in [0.25, 0.3) is 0 Å². The lowest BCUT2D eigenvalue weighted by Crippen LogP contribution is -1.93. The summed E-state index contributed by atoms with van der Waals surface area (Å²) in [5.74, 6) is 2.53. The van der Waals surface area contributed by atoms with Crippen LogP contribution in [0, 0.1) is 0 Å². The zero-order chi connectivity index (χ0) is 13.5. The van der Waals surface area contributed by atoms with Crippen molar-refractivity contribution >= 4 is 6.08 Å². The van der Waals surface area contributed by atoms with Crippen molar-refractivity contribution in [3.05, 3.63) is 47.5 Å². The Morgan fingerprint density at radius 1 is 1.00 bits per heavy atom. The van der Waals surface area contributed by atoms with E-state index in [1.54, 1.807) is 7.11 Å². The Kier molecular flexibility index (Phi) is 2.46. The van der Waals surface area contributed by atoms with Crippen LogP contribution in [-0.4, -0.2) is 13.9 Å². The van der Waals surface area contributed by atoms with Gasteiger partial charge in [-0.25, -0.2) is 0 Å². The molecule has 0 unspecified atom stereocenters. The van der Waals surface area contributed by atoms with Gasteiger partial charge in [-0.05, 0) is 52.9 Å². The predicted molar refractivity (Wildman–Crippen MR) is 77.3 cm³/mol. The van der Waals surface area contributed by atoms with Crippen LogP contribution in [0.4, 0.5) is 0 Å². The Morgan fingerprint density at radius 3 is 2.70 bits per heavy atom. The van der Waals surface area contributed by atoms with Gasteiger partial charge in [0, 0.05) is 0 Å². The third kappa shape index (κ3) is 1.67. The van der Waals surface area contributed by atoms with Crippen molar-refractivity contribution in [3.63, 3.8) is 0 Å². The monoisotopic (exact) mass is 266 g/mol. The lowest BCUT2D eigenvalue weighted by Gasteiger charge is -2.11. The second-order valence-corrected chi connectivity index (χ2v) is 4.92. The molecule has 0 spiro atoms. The number of hydrogen-bond acceptors (Lipinski definition) is 3. The minimum Gasteiger partial charge on any atom is -0.497 e. The van der Waals surface area contributed by atoms with E-state index in [0.717, 1.165) is 29.2 Å². The molecule has 0 saturated carbocycles. The Balaban J connectivity index is 1.94. The van der Waals surface area contributed by atoms with E-state index >= 15 is 0 Å². The summed E-state index contributed by atoms with van der Waals surface area (Å²) < 4.78 is 16.3. The fourth-order valence-corrected chi connectivity index (χ4v) is 2.77. The molecule has 0 bridgehead atoms. The molecule has 2 aromatic carbocycles. The molecule has 0 aromatic heterocycles. The molecular weight excluding hydrogens is 252 g/mol. The Morgan fingerprint density at radius 2 is 1.85 bits per heavy atom. The van der Waals surface area contributed by atoms with Gasteiger partial charge >= 0.3 is 0 Å². The zero-order valence-electron chi connectivity index (χ0n) is 11.2. The van der Waals surface area contributed by atoms with Crippen molar-refractivity contribution in [2.45, 2.75) is 6.42 Å². The highest BCUT2D eigenvalue weighted by molar-refractivity contribution is 5.82. The topological polar surface area (TPSA) is 27.7 Å². The fourth-order valence-electron chi connectivity index (χ4n) is 2.77. The van der Waals surface area contributed by atoms with Gasteiger partial charge in [0.15, 0.2) is 11.5 Å². The van der Waals surface area contributed by atoms with Crippen molar-refractivity contribution in [1.29, 1.82) is 0 Å². The molecule has 1 heterocycles. The number of fused-ring (bicyclic) bond motifs is 4. The second-order valence-electron chi connectivity index (χ2n) is 4.92. The first kappa shape index (κ1) is 11.4. The van der Waals surface area contributed by atoms with E-state index in [-0.39, 0.29) is 0 Å². The van der Waals surface area contributed by atoms with Crippen LogP contribution in [0.5, 0.6) is 17.2 Å². The molecule has 4 rings (SSSR count). The van der Waals surface area contributed by atoms with Crippen molar-refractivity contribution in [2.75, 3.05) is 13.9 Å². The average Bonchev–Trinajstić information content (AvgIpc) is 2.86. The van der Waals surface area contributed by atoms with Crippen LogP contribution in [-0.2, 0) is 6.42 Å². The van der Waals surface area contributed by atoms with E-state index in [9.17, 15) is 0 Å². The average molecular weight is 266 g/mol. The third-order valence-electron chi connectivity index (χ3n) is 3.78. The molecule has 3 heteroatoms. The minimum absolute atomic E-state index is 0.303. The standard InChI is InChI=1S/C17H14O3/c1-18-13-5-6-14-11(7-13)3-2-4-12-8-16-17(9-15(12)14)20-10-19-16/h2,4-9H,3,10H2,1H3. The van der Waals surface area contributed by atoms with Gasteiger partial charge in [-0.2, -0.15) is 0 Å². The molecule has 0 amide bonds. The smallest absolute Gasteiger partial charge is 0.231 e. The second kappa shape index (κ2) is 4.30. The maximum Gasteiger partial charge on any atom is 0.231 e. The Labute approximate surface area is 117 Å². The van der Waals surface area contributed by atoms with Gasteiger partial charge in [-0.1, -0.05) is 18.2 Å². The molecule has 0 radical (unpaired) electrons. The molecule has 0 N–H and O–H groups in total. The number of ether oxygens (including phenoxy) is 3. The third-order valence-corrected chi connectivity index (χ3v) is 3.78. The maximum absolute atomic E-state index is 5.49. The van der Waals surface area contributed by atoms with Crippen LogP contribution in [0.25, 0.3) is 17.2 Å². The highest BCUT2D eigenvalue weighted by Gasteiger charge is 2.19. The molecule has 3 nitrogen and oxygen atoms in total. The first-order valence-electron chi connectivity index (χ1n) is 6.62. The quantitative estimate of drug-likeness (QED) is 0.788. The summed E-state index contributed by atoms with van der Waals surface area (Å²) in [6.45, 7) is 0.303. The van der Waals surface area contributed by atoms with E-state index in [4.69, 9.17) is 14.2 Å². The van der Waals surface area contributed by atoms with Crippen LogP contribution in [0.15, 0.2) is 36.4 Å². The zero-order valence-corrected chi connectivity index (χ0v) is 11.2. The first-order valence-corrected chi connectivity index (χ1v) is 6.62. The van der Waals surface area contributed by atoms with E-state index in [1.165, 1.54) is 16.7 Å². The molecule has 2 aliphatic rings. The van der Waals surface area contributed by atoms with Gasteiger partial charge in [-0.3, -0.25) is 0 Å². The van der Waals surface area contributed by atoms with Crippen molar-refractivity contribution in [1.82, 2.24) is 0 Å². The van der Waals surface area contributed by atoms with E-state index in [0.29, 0.717) is 6.79 Å². The molecule has 1 aliphatic carbocycles. The van der Waals surface area contributed by atoms with Crippen LogP contribution >= 0.6 is 0 Å². The van der Waals surface area contributed by atoms with Crippen molar-refractivity contribution in [3.8, 4) is 28.4 Å². The van der Waals surface area contributed by atoms with Crippen LogP contribution < -0.4 is 14.2 Å². The molecule has 2 aromatic rings. The molecule has 0 atom stereocenters. The Bertz CT molecular complexity index is 716. The van der Waals surface area contributed by atoms with Gasteiger partial charge < -0.3 is 14.2 Å². The number of rotatable bonds is 1. The number of methoxy groups -OCH3 is 1. The Hall–Kier alpha value is -2.42. The maximum atomic E-state index is 5.49.